The molecule has 2 heterocycles. The summed E-state index contributed by atoms with van der Waals surface area (Å²) >= 11 is 1.92. The van der Waals surface area contributed by atoms with Crippen LogP contribution in [0.4, 0.5) is 5.82 Å². The summed E-state index contributed by atoms with van der Waals surface area (Å²) in [6.45, 7) is 0. The Hall–Kier alpha value is -1.28. The molecule has 0 aliphatic carbocycles. The number of nitrogens with zero attached hydrogens (tertiary/aromatic N) is 3. The van der Waals surface area contributed by atoms with E-state index in [2.05, 4.69) is 15.3 Å². The normalized spacial score (nSPS) is 20.4. The Morgan fingerprint density at radius 3 is 3.07 bits per heavy atom. The van der Waals surface area contributed by atoms with Gasteiger partial charge in [0, 0.05) is 24.2 Å². The molecule has 1 N–H and O–H groups in total. The van der Waals surface area contributed by atoms with Crippen LogP contribution in [0, 0.1) is 11.3 Å². The van der Waals surface area contributed by atoms with Crippen LogP contribution in [0.25, 0.3) is 0 Å². The number of hydrogen-bond acceptors (Lipinski definition) is 5. The third kappa shape index (κ3) is 1.96. The second-order valence-corrected chi connectivity index (χ2v) is 4.22. The van der Waals surface area contributed by atoms with Gasteiger partial charge in [0.15, 0.2) is 11.5 Å². The third-order valence-electron chi connectivity index (χ3n) is 2.07. The van der Waals surface area contributed by atoms with Gasteiger partial charge in [-0.05, 0) is 12.2 Å². The molecule has 0 amide bonds. The lowest BCUT2D eigenvalue weighted by Crippen LogP contribution is -2.19. The minimum absolute atomic E-state index is 0.379. The molecule has 2 rings (SSSR count). The molecule has 1 aromatic rings. The molecule has 1 saturated heterocycles. The van der Waals surface area contributed by atoms with E-state index in [0.717, 1.165) is 12.2 Å². The largest absolute Gasteiger partial charge is 0.364 e. The van der Waals surface area contributed by atoms with Crippen LogP contribution in [0.1, 0.15) is 12.1 Å². The Kier molecular flexibility index (Phi) is 2.84. The minimum atomic E-state index is 0.379. The van der Waals surface area contributed by atoms with E-state index in [-0.39, 0.29) is 0 Å². The van der Waals surface area contributed by atoms with Crippen molar-refractivity contribution in [1.82, 2.24) is 9.97 Å². The van der Waals surface area contributed by atoms with Crippen molar-refractivity contribution in [1.29, 1.82) is 5.26 Å². The first kappa shape index (κ1) is 9.28. The second-order valence-electron chi connectivity index (χ2n) is 3.07. The Labute approximate surface area is 86.8 Å². The van der Waals surface area contributed by atoms with Gasteiger partial charge in [-0.15, -0.1) is 0 Å². The second kappa shape index (κ2) is 4.29. The molecule has 14 heavy (non-hydrogen) atoms. The standard InChI is InChI=1S/C9H10N4S/c10-5-8-9(12-3-2-11-8)13-7-1-4-14-6-7/h2-3,7H,1,4,6H2,(H,12,13). The molecular formula is C9H10N4S. The SMILES string of the molecule is N#Cc1nccnc1NC1CCSC1. The van der Waals surface area contributed by atoms with E-state index in [1.807, 2.05) is 17.8 Å². The highest BCUT2D eigenvalue weighted by Crippen LogP contribution is 2.21. The maximum absolute atomic E-state index is 8.79. The highest BCUT2D eigenvalue weighted by molar-refractivity contribution is 7.99. The van der Waals surface area contributed by atoms with Gasteiger partial charge in [0.2, 0.25) is 0 Å². The van der Waals surface area contributed by atoms with Crippen molar-refractivity contribution in [3.8, 4) is 6.07 Å². The van der Waals surface area contributed by atoms with Crippen molar-refractivity contribution in [2.45, 2.75) is 12.5 Å². The fourth-order valence-electron chi connectivity index (χ4n) is 1.37. The summed E-state index contributed by atoms with van der Waals surface area (Å²) in [4.78, 5) is 8.05. The Bertz CT molecular complexity index is 354. The maximum Gasteiger partial charge on any atom is 0.182 e. The van der Waals surface area contributed by atoms with E-state index in [0.29, 0.717) is 17.6 Å². The Balaban J connectivity index is 2.11. The van der Waals surface area contributed by atoms with Crippen LogP contribution in [0.15, 0.2) is 12.4 Å². The molecule has 0 saturated carbocycles. The summed E-state index contributed by atoms with van der Waals surface area (Å²) in [5, 5.41) is 12.0. The molecule has 1 unspecified atom stereocenters. The van der Waals surface area contributed by atoms with E-state index < -0.39 is 0 Å². The van der Waals surface area contributed by atoms with Crippen molar-refractivity contribution >= 4 is 17.6 Å². The molecule has 1 fully saturated rings. The first-order chi connectivity index (χ1) is 6.90. The average molecular weight is 206 g/mol. The van der Waals surface area contributed by atoms with Crippen molar-refractivity contribution in [2.24, 2.45) is 0 Å². The van der Waals surface area contributed by atoms with E-state index in [1.54, 1.807) is 6.20 Å². The number of thioether (sulfide) groups is 1. The topological polar surface area (TPSA) is 61.6 Å². The van der Waals surface area contributed by atoms with Gasteiger partial charge in [-0.2, -0.15) is 17.0 Å². The minimum Gasteiger partial charge on any atom is -0.364 e. The van der Waals surface area contributed by atoms with Gasteiger partial charge < -0.3 is 5.32 Å². The smallest absolute Gasteiger partial charge is 0.182 e. The lowest BCUT2D eigenvalue weighted by Gasteiger charge is -2.11. The number of nitriles is 1. The molecular weight excluding hydrogens is 196 g/mol. The van der Waals surface area contributed by atoms with Crippen molar-refractivity contribution in [3.63, 3.8) is 0 Å². The molecule has 72 valence electrons. The quantitative estimate of drug-likeness (QED) is 0.789. The summed E-state index contributed by atoms with van der Waals surface area (Å²) in [6, 6.07) is 2.46. The zero-order valence-electron chi connectivity index (χ0n) is 7.60. The van der Waals surface area contributed by atoms with E-state index in [4.69, 9.17) is 5.26 Å². The summed E-state index contributed by atoms with van der Waals surface area (Å²) in [6.07, 6.45) is 4.27. The van der Waals surface area contributed by atoms with Crippen LogP contribution in [0.3, 0.4) is 0 Å². The summed E-state index contributed by atoms with van der Waals surface area (Å²) < 4.78 is 0. The maximum atomic E-state index is 8.79. The van der Waals surface area contributed by atoms with Gasteiger partial charge in [-0.1, -0.05) is 0 Å². The number of aromatic nitrogens is 2. The summed E-state index contributed by atoms with van der Waals surface area (Å²) in [5.74, 6) is 2.88. The molecule has 1 aliphatic heterocycles. The van der Waals surface area contributed by atoms with Gasteiger partial charge in [0.1, 0.15) is 6.07 Å². The fraction of sp³-hybridized carbons (Fsp3) is 0.444. The molecule has 1 aliphatic rings. The number of anilines is 1. The zero-order valence-corrected chi connectivity index (χ0v) is 8.42. The summed E-state index contributed by atoms with van der Waals surface area (Å²) in [7, 11) is 0. The lowest BCUT2D eigenvalue weighted by atomic mass is 10.2. The van der Waals surface area contributed by atoms with Crippen molar-refractivity contribution < 1.29 is 0 Å². The van der Waals surface area contributed by atoms with Crippen LogP contribution in [-0.4, -0.2) is 27.5 Å². The molecule has 5 heteroatoms. The van der Waals surface area contributed by atoms with Crippen molar-refractivity contribution in [3.05, 3.63) is 18.1 Å². The average Bonchev–Trinajstić information content (AvgIpc) is 2.71. The monoisotopic (exact) mass is 206 g/mol. The van der Waals surface area contributed by atoms with Crippen LogP contribution in [0.2, 0.25) is 0 Å². The fourth-order valence-corrected chi connectivity index (χ4v) is 2.52. The van der Waals surface area contributed by atoms with Crippen molar-refractivity contribution in [2.75, 3.05) is 16.8 Å². The van der Waals surface area contributed by atoms with E-state index in [9.17, 15) is 0 Å². The van der Waals surface area contributed by atoms with Gasteiger partial charge in [0.05, 0.1) is 0 Å². The van der Waals surface area contributed by atoms with Crippen LogP contribution < -0.4 is 5.32 Å². The highest BCUT2D eigenvalue weighted by Gasteiger charge is 2.17. The molecule has 0 bridgehead atoms. The van der Waals surface area contributed by atoms with Crippen LogP contribution >= 0.6 is 11.8 Å². The molecule has 0 spiro atoms. The van der Waals surface area contributed by atoms with Gasteiger partial charge in [-0.25, -0.2) is 9.97 Å². The van der Waals surface area contributed by atoms with Gasteiger partial charge in [-0.3, -0.25) is 0 Å². The van der Waals surface area contributed by atoms with Crippen LogP contribution in [0.5, 0.6) is 0 Å². The predicted octanol–water partition coefficient (Wildman–Crippen LogP) is 1.27. The Morgan fingerprint density at radius 1 is 1.50 bits per heavy atom. The van der Waals surface area contributed by atoms with Gasteiger partial charge >= 0.3 is 0 Å². The third-order valence-corrected chi connectivity index (χ3v) is 3.24. The lowest BCUT2D eigenvalue weighted by molar-refractivity contribution is 0.804. The molecule has 1 atom stereocenters. The number of hydrogen-bond donors (Lipinski definition) is 1. The van der Waals surface area contributed by atoms with E-state index in [1.165, 1.54) is 11.9 Å². The van der Waals surface area contributed by atoms with E-state index >= 15 is 0 Å². The first-order valence-electron chi connectivity index (χ1n) is 4.45. The number of nitrogens with one attached hydrogen (secondary N) is 1. The van der Waals surface area contributed by atoms with Crippen LogP contribution in [-0.2, 0) is 0 Å². The highest BCUT2D eigenvalue weighted by atomic mass is 32.2. The molecule has 0 radical (unpaired) electrons. The zero-order chi connectivity index (χ0) is 9.80. The molecule has 4 nitrogen and oxygen atoms in total. The predicted molar refractivity (Wildman–Crippen MR) is 56.1 cm³/mol. The molecule has 1 aromatic heterocycles. The Morgan fingerprint density at radius 2 is 2.36 bits per heavy atom. The molecule has 0 aromatic carbocycles. The number of rotatable bonds is 2. The van der Waals surface area contributed by atoms with Gasteiger partial charge in [0.25, 0.3) is 0 Å². The summed E-state index contributed by atoms with van der Waals surface area (Å²) in [5.41, 5.74) is 0.379. The first-order valence-corrected chi connectivity index (χ1v) is 5.61.